The molecule has 18 heavy (non-hydrogen) atoms. The maximum Gasteiger partial charge on any atom is 0.254 e. The molecule has 0 radical (unpaired) electrons. The Bertz CT molecular complexity index is 448. The fraction of sp³-hybridized carbons (Fsp3) is 0.462. The van der Waals surface area contributed by atoms with Crippen molar-refractivity contribution < 1.29 is 14.6 Å². The van der Waals surface area contributed by atoms with Gasteiger partial charge < -0.3 is 20.5 Å². The average Bonchev–Trinajstić information content (AvgIpc) is 2.41. The molecule has 98 valence electrons. The van der Waals surface area contributed by atoms with Gasteiger partial charge in [-0.3, -0.25) is 4.79 Å². The number of benzene rings is 1. The Morgan fingerprint density at radius 1 is 1.61 bits per heavy atom. The topological polar surface area (TPSA) is 75.8 Å². The molecule has 0 aromatic heterocycles. The summed E-state index contributed by atoms with van der Waals surface area (Å²) in [5.41, 5.74) is 7.92. The summed E-state index contributed by atoms with van der Waals surface area (Å²) in [5.74, 6) is -0.107. The number of hydrogen-bond donors (Lipinski definition) is 2. The number of ether oxygens (including phenoxy) is 1. The molecule has 0 saturated carbocycles. The molecule has 2 rings (SSSR count). The summed E-state index contributed by atoms with van der Waals surface area (Å²) >= 11 is 0. The first-order chi connectivity index (χ1) is 8.63. The number of nitrogens with two attached hydrogens (primary N) is 1. The average molecular weight is 250 g/mol. The van der Waals surface area contributed by atoms with Crippen LogP contribution in [0.2, 0.25) is 0 Å². The molecule has 3 N–H and O–H groups in total. The Morgan fingerprint density at radius 2 is 2.39 bits per heavy atom. The zero-order valence-corrected chi connectivity index (χ0v) is 10.4. The van der Waals surface area contributed by atoms with Gasteiger partial charge in [0, 0.05) is 17.8 Å². The minimum Gasteiger partial charge on any atom is -0.398 e. The fourth-order valence-corrected chi connectivity index (χ4v) is 2.01. The maximum absolute atomic E-state index is 12.3. The number of carbonyl (C=O) groups is 1. The van der Waals surface area contributed by atoms with E-state index in [4.69, 9.17) is 10.5 Å². The minimum atomic E-state index is -0.270. The van der Waals surface area contributed by atoms with Gasteiger partial charge in [-0.15, -0.1) is 0 Å². The molecule has 1 aliphatic heterocycles. The van der Waals surface area contributed by atoms with E-state index in [1.165, 1.54) is 0 Å². The first-order valence-corrected chi connectivity index (χ1v) is 5.99. The molecule has 1 amide bonds. The van der Waals surface area contributed by atoms with E-state index >= 15 is 0 Å². The summed E-state index contributed by atoms with van der Waals surface area (Å²) in [6, 6.07) is 5.00. The number of nitrogen functional groups attached to an aromatic ring is 1. The van der Waals surface area contributed by atoms with Crippen LogP contribution in [0.3, 0.4) is 0 Å². The van der Waals surface area contributed by atoms with Crippen LogP contribution in [0.15, 0.2) is 18.2 Å². The van der Waals surface area contributed by atoms with Gasteiger partial charge in [0.25, 0.3) is 5.91 Å². The van der Waals surface area contributed by atoms with Crippen molar-refractivity contribution in [3.63, 3.8) is 0 Å². The van der Waals surface area contributed by atoms with Gasteiger partial charge in [-0.05, 0) is 24.6 Å². The van der Waals surface area contributed by atoms with E-state index in [0.717, 1.165) is 5.56 Å². The largest absolute Gasteiger partial charge is 0.398 e. The van der Waals surface area contributed by atoms with Crippen molar-refractivity contribution in [2.45, 2.75) is 13.0 Å². The number of carbonyl (C=O) groups excluding carboxylic acids is 1. The van der Waals surface area contributed by atoms with Crippen LogP contribution in [0.1, 0.15) is 15.9 Å². The number of aryl methyl sites for hydroxylation is 1. The summed E-state index contributed by atoms with van der Waals surface area (Å²) in [6.07, 6.45) is 0. The molecule has 0 aliphatic carbocycles. The van der Waals surface area contributed by atoms with Gasteiger partial charge in [-0.1, -0.05) is 6.07 Å². The lowest BCUT2D eigenvalue weighted by atomic mass is 10.1. The van der Waals surface area contributed by atoms with Crippen LogP contribution in [-0.2, 0) is 4.74 Å². The number of hydrogen-bond acceptors (Lipinski definition) is 4. The monoisotopic (exact) mass is 250 g/mol. The van der Waals surface area contributed by atoms with E-state index in [1.54, 1.807) is 17.0 Å². The van der Waals surface area contributed by atoms with Gasteiger partial charge in [-0.25, -0.2) is 0 Å². The number of nitrogens with zero attached hydrogens (tertiary/aromatic N) is 1. The zero-order valence-electron chi connectivity index (χ0n) is 10.4. The van der Waals surface area contributed by atoms with Gasteiger partial charge >= 0.3 is 0 Å². The van der Waals surface area contributed by atoms with Crippen LogP contribution >= 0.6 is 0 Å². The Morgan fingerprint density at radius 3 is 3.06 bits per heavy atom. The molecule has 1 aliphatic rings. The van der Waals surface area contributed by atoms with Gasteiger partial charge in [0.1, 0.15) is 0 Å². The van der Waals surface area contributed by atoms with Crippen LogP contribution in [0.5, 0.6) is 0 Å². The molecule has 1 aromatic rings. The van der Waals surface area contributed by atoms with Gasteiger partial charge in [0.2, 0.25) is 0 Å². The van der Waals surface area contributed by atoms with Crippen LogP contribution < -0.4 is 5.73 Å². The molecule has 5 heteroatoms. The van der Waals surface area contributed by atoms with E-state index in [1.807, 2.05) is 13.0 Å². The van der Waals surface area contributed by atoms with Crippen molar-refractivity contribution in [3.05, 3.63) is 29.3 Å². The number of amides is 1. The maximum atomic E-state index is 12.3. The lowest BCUT2D eigenvalue weighted by Gasteiger charge is -2.34. The van der Waals surface area contributed by atoms with Gasteiger partial charge in [0.15, 0.2) is 0 Å². The first-order valence-electron chi connectivity index (χ1n) is 5.99. The number of morpholine rings is 1. The molecular weight excluding hydrogens is 232 g/mol. The highest BCUT2D eigenvalue weighted by Gasteiger charge is 2.27. The minimum absolute atomic E-state index is 0.0902. The summed E-state index contributed by atoms with van der Waals surface area (Å²) in [7, 11) is 0. The van der Waals surface area contributed by atoms with Crippen molar-refractivity contribution in [1.82, 2.24) is 4.90 Å². The highest BCUT2D eigenvalue weighted by atomic mass is 16.5. The first kappa shape index (κ1) is 12.9. The van der Waals surface area contributed by atoms with Crippen molar-refractivity contribution >= 4 is 11.6 Å². The molecule has 1 heterocycles. The number of aliphatic hydroxyl groups excluding tert-OH is 1. The normalized spacial score (nSPS) is 19.9. The standard InChI is InChI=1S/C13H18N2O3/c1-9-2-3-10(6-12(9)14)13(17)15-4-5-18-8-11(15)7-16/h2-3,6,11,16H,4-5,7-8,14H2,1H3. The van der Waals surface area contributed by atoms with Crippen molar-refractivity contribution in [2.75, 3.05) is 32.1 Å². The van der Waals surface area contributed by atoms with E-state index < -0.39 is 0 Å². The molecule has 0 bridgehead atoms. The summed E-state index contributed by atoms with van der Waals surface area (Å²) < 4.78 is 5.25. The molecule has 5 nitrogen and oxygen atoms in total. The third-order valence-corrected chi connectivity index (χ3v) is 3.23. The number of rotatable bonds is 2. The third-order valence-electron chi connectivity index (χ3n) is 3.23. The second kappa shape index (κ2) is 5.37. The SMILES string of the molecule is Cc1ccc(C(=O)N2CCOCC2CO)cc1N. The molecule has 0 spiro atoms. The van der Waals surface area contributed by atoms with Crippen LogP contribution in [0.25, 0.3) is 0 Å². The fourth-order valence-electron chi connectivity index (χ4n) is 2.01. The predicted molar refractivity (Wildman–Crippen MR) is 68.3 cm³/mol. The molecule has 1 fully saturated rings. The van der Waals surface area contributed by atoms with Crippen molar-refractivity contribution in [3.8, 4) is 0 Å². The lowest BCUT2D eigenvalue weighted by Crippen LogP contribution is -2.50. The molecule has 1 atom stereocenters. The lowest BCUT2D eigenvalue weighted by molar-refractivity contribution is -0.0183. The van der Waals surface area contributed by atoms with E-state index in [0.29, 0.717) is 31.0 Å². The summed E-state index contributed by atoms with van der Waals surface area (Å²) in [4.78, 5) is 14.0. The van der Waals surface area contributed by atoms with E-state index in [9.17, 15) is 9.90 Å². The van der Waals surface area contributed by atoms with Crippen LogP contribution in [0.4, 0.5) is 5.69 Å². The Balaban J connectivity index is 2.21. The number of aliphatic hydroxyl groups is 1. The molecule has 1 aromatic carbocycles. The van der Waals surface area contributed by atoms with Gasteiger partial charge in [-0.2, -0.15) is 0 Å². The summed E-state index contributed by atoms with van der Waals surface area (Å²) in [6.45, 7) is 3.19. The van der Waals surface area contributed by atoms with E-state index in [-0.39, 0.29) is 18.6 Å². The van der Waals surface area contributed by atoms with Crippen molar-refractivity contribution in [2.24, 2.45) is 0 Å². The Labute approximate surface area is 106 Å². The van der Waals surface area contributed by atoms with Gasteiger partial charge in [0.05, 0.1) is 25.9 Å². The quantitative estimate of drug-likeness (QED) is 0.745. The molecular formula is C13H18N2O3. The third kappa shape index (κ3) is 2.47. The molecule has 1 unspecified atom stereocenters. The second-order valence-electron chi connectivity index (χ2n) is 4.48. The zero-order chi connectivity index (χ0) is 13.1. The summed E-state index contributed by atoms with van der Waals surface area (Å²) in [5, 5.41) is 9.26. The molecule has 1 saturated heterocycles. The smallest absolute Gasteiger partial charge is 0.254 e. The highest BCUT2D eigenvalue weighted by molar-refractivity contribution is 5.95. The Hall–Kier alpha value is -1.59. The van der Waals surface area contributed by atoms with E-state index in [2.05, 4.69) is 0 Å². The predicted octanol–water partition coefficient (Wildman–Crippen LogP) is 0.411. The Kier molecular flexibility index (Phi) is 3.84. The van der Waals surface area contributed by atoms with Crippen LogP contribution in [0, 0.1) is 6.92 Å². The number of anilines is 1. The highest BCUT2D eigenvalue weighted by Crippen LogP contribution is 2.17. The second-order valence-corrected chi connectivity index (χ2v) is 4.48. The van der Waals surface area contributed by atoms with Crippen molar-refractivity contribution in [1.29, 1.82) is 0 Å². The van der Waals surface area contributed by atoms with Crippen LogP contribution in [-0.4, -0.2) is 48.3 Å².